The normalized spacial score (nSPS) is 12.3. The molecule has 0 aromatic heterocycles. The molecule has 0 fully saturated rings. The van der Waals surface area contributed by atoms with Gasteiger partial charge in [-0.1, -0.05) is 84.9 Å². The van der Waals surface area contributed by atoms with Crippen molar-refractivity contribution in [3.8, 4) is 0 Å². The molecule has 128 valence electrons. The minimum Gasteiger partial charge on any atom is -0.0616 e. The van der Waals surface area contributed by atoms with Crippen molar-refractivity contribution in [3.63, 3.8) is 0 Å². The summed E-state index contributed by atoms with van der Waals surface area (Å²) in [4.78, 5) is 0. The van der Waals surface area contributed by atoms with Gasteiger partial charge < -0.3 is 0 Å². The van der Waals surface area contributed by atoms with Crippen LogP contribution in [-0.4, -0.2) is 0 Å². The van der Waals surface area contributed by atoms with Crippen LogP contribution in [0, 0.1) is 0 Å². The summed E-state index contributed by atoms with van der Waals surface area (Å²) in [6, 6.07) is 35.8. The smallest absolute Gasteiger partial charge is 0.000786 e. The molecule has 7 aromatic carbocycles. The summed E-state index contributed by atoms with van der Waals surface area (Å²) in [6.07, 6.45) is 0. The predicted octanol–water partition coefficient (Wildman–Crippen LogP) is 8.04. The van der Waals surface area contributed by atoms with Gasteiger partial charge in [0.1, 0.15) is 0 Å². The lowest BCUT2D eigenvalue weighted by Gasteiger charge is -2.18. The lowest BCUT2D eigenvalue weighted by Crippen LogP contribution is -1.89. The van der Waals surface area contributed by atoms with Gasteiger partial charge >= 0.3 is 0 Å². The van der Waals surface area contributed by atoms with Crippen molar-refractivity contribution in [2.24, 2.45) is 0 Å². The average molecular weight is 352 g/mol. The van der Waals surface area contributed by atoms with Crippen molar-refractivity contribution < 1.29 is 0 Å². The summed E-state index contributed by atoms with van der Waals surface area (Å²) < 4.78 is 0. The molecule has 0 heterocycles. The largest absolute Gasteiger partial charge is 0.0616 e. The molecule has 0 aliphatic rings. The average Bonchev–Trinajstić information content (AvgIpc) is 2.75. The first-order chi connectivity index (χ1) is 13.9. The molecule has 7 rings (SSSR count). The molecule has 0 radical (unpaired) electrons. The van der Waals surface area contributed by atoms with E-state index in [0.717, 1.165) is 0 Å². The summed E-state index contributed by atoms with van der Waals surface area (Å²) in [6.45, 7) is 0. The Morgan fingerprint density at radius 1 is 0.286 bits per heavy atom. The molecule has 0 spiro atoms. The van der Waals surface area contributed by atoms with Gasteiger partial charge in [-0.15, -0.1) is 0 Å². The van der Waals surface area contributed by atoms with Crippen LogP contribution in [0.1, 0.15) is 0 Å². The van der Waals surface area contributed by atoms with Crippen molar-refractivity contribution in [3.05, 3.63) is 97.1 Å². The van der Waals surface area contributed by atoms with E-state index < -0.39 is 0 Å². The van der Waals surface area contributed by atoms with E-state index in [2.05, 4.69) is 97.1 Å². The first-order valence-corrected chi connectivity index (χ1v) is 9.80. The summed E-state index contributed by atoms with van der Waals surface area (Å²) in [5.41, 5.74) is 0. The summed E-state index contributed by atoms with van der Waals surface area (Å²) in [5.74, 6) is 0. The van der Waals surface area contributed by atoms with Crippen molar-refractivity contribution in [2.45, 2.75) is 0 Å². The van der Waals surface area contributed by atoms with E-state index in [1.54, 1.807) is 0 Å². The SMILES string of the molecule is c1ccc2c(c1)cc1cccc3c4cccc5cc6ccccc6c(c54)c2c13. The van der Waals surface area contributed by atoms with Gasteiger partial charge in [-0.25, -0.2) is 0 Å². The molecular formula is C28H16. The van der Waals surface area contributed by atoms with Gasteiger partial charge in [-0.3, -0.25) is 0 Å². The predicted molar refractivity (Wildman–Crippen MR) is 123 cm³/mol. The third-order valence-electron chi connectivity index (χ3n) is 6.32. The molecular weight excluding hydrogens is 336 g/mol. The second-order valence-corrected chi connectivity index (χ2v) is 7.75. The third kappa shape index (κ3) is 1.66. The van der Waals surface area contributed by atoms with E-state index in [0.29, 0.717) is 0 Å². The highest BCUT2D eigenvalue weighted by atomic mass is 14.2. The van der Waals surface area contributed by atoms with Crippen LogP contribution in [0.2, 0.25) is 0 Å². The number of hydrogen-bond acceptors (Lipinski definition) is 0. The van der Waals surface area contributed by atoms with Gasteiger partial charge in [0.25, 0.3) is 0 Å². The molecule has 0 amide bonds. The fourth-order valence-corrected chi connectivity index (χ4v) is 5.21. The van der Waals surface area contributed by atoms with E-state index in [1.807, 2.05) is 0 Å². The zero-order valence-corrected chi connectivity index (χ0v) is 15.2. The zero-order valence-electron chi connectivity index (χ0n) is 15.2. The summed E-state index contributed by atoms with van der Waals surface area (Å²) in [5, 5.41) is 16.2. The lowest BCUT2D eigenvalue weighted by atomic mass is 9.85. The van der Waals surface area contributed by atoms with Crippen LogP contribution in [0.4, 0.5) is 0 Å². The molecule has 0 heteroatoms. The topological polar surface area (TPSA) is 0 Å². The van der Waals surface area contributed by atoms with Gasteiger partial charge in [-0.2, -0.15) is 0 Å². The molecule has 0 aliphatic carbocycles. The van der Waals surface area contributed by atoms with Crippen LogP contribution in [0.15, 0.2) is 97.1 Å². The molecule has 0 nitrogen and oxygen atoms in total. The zero-order chi connectivity index (χ0) is 18.2. The quantitative estimate of drug-likeness (QED) is 0.191. The molecule has 28 heavy (non-hydrogen) atoms. The highest BCUT2D eigenvalue weighted by molar-refractivity contribution is 6.42. The maximum atomic E-state index is 2.34. The van der Waals surface area contributed by atoms with Gasteiger partial charge in [0.05, 0.1) is 0 Å². The Kier molecular flexibility index (Phi) is 2.57. The Bertz CT molecular complexity index is 1570. The highest BCUT2D eigenvalue weighted by Crippen LogP contribution is 2.45. The van der Waals surface area contributed by atoms with E-state index in [9.17, 15) is 0 Å². The van der Waals surface area contributed by atoms with E-state index in [1.165, 1.54) is 64.6 Å². The van der Waals surface area contributed by atoms with Crippen LogP contribution in [0.3, 0.4) is 0 Å². The maximum Gasteiger partial charge on any atom is -0.000786 e. The van der Waals surface area contributed by atoms with Crippen LogP contribution in [0.25, 0.3) is 64.6 Å². The second kappa shape index (κ2) is 4.99. The molecule has 0 saturated heterocycles. The van der Waals surface area contributed by atoms with E-state index >= 15 is 0 Å². The van der Waals surface area contributed by atoms with E-state index in [4.69, 9.17) is 0 Å². The van der Waals surface area contributed by atoms with Crippen LogP contribution in [0.5, 0.6) is 0 Å². The van der Waals surface area contributed by atoms with Crippen LogP contribution in [-0.2, 0) is 0 Å². The summed E-state index contributed by atoms with van der Waals surface area (Å²) >= 11 is 0. The van der Waals surface area contributed by atoms with Crippen LogP contribution >= 0.6 is 0 Å². The number of benzene rings is 7. The third-order valence-corrected chi connectivity index (χ3v) is 6.32. The molecule has 7 aromatic rings. The minimum absolute atomic E-state index is 1.31. The molecule has 0 saturated carbocycles. The second-order valence-electron chi connectivity index (χ2n) is 7.75. The monoisotopic (exact) mass is 352 g/mol. The van der Waals surface area contributed by atoms with Gasteiger partial charge in [-0.05, 0) is 76.8 Å². The fourth-order valence-electron chi connectivity index (χ4n) is 5.21. The Labute approximate surface area is 162 Å². The molecule has 0 unspecified atom stereocenters. The standard InChI is InChI=1S/C28H16/c1-3-11-21-17(7-1)15-19-9-5-13-23-24-14-6-10-20-16-18-8-2-4-12-22(18)28(26(20)24)27(21)25(19)23/h1-16H. The fraction of sp³-hybridized carbons (Fsp3) is 0. The van der Waals surface area contributed by atoms with E-state index in [-0.39, 0.29) is 0 Å². The molecule has 0 bridgehead atoms. The van der Waals surface area contributed by atoms with Crippen molar-refractivity contribution >= 4 is 64.6 Å². The van der Waals surface area contributed by atoms with Crippen LogP contribution < -0.4 is 0 Å². The minimum atomic E-state index is 1.31. The number of rotatable bonds is 0. The Morgan fingerprint density at radius 2 is 0.679 bits per heavy atom. The lowest BCUT2D eigenvalue weighted by molar-refractivity contribution is 1.79. The number of fused-ring (bicyclic) bond motifs is 6. The van der Waals surface area contributed by atoms with Crippen molar-refractivity contribution in [1.29, 1.82) is 0 Å². The van der Waals surface area contributed by atoms with Crippen molar-refractivity contribution in [2.75, 3.05) is 0 Å². The maximum absolute atomic E-state index is 2.34. The Balaban J connectivity index is 2.02. The van der Waals surface area contributed by atoms with Gasteiger partial charge in [0, 0.05) is 0 Å². The Hall–Kier alpha value is -3.64. The summed E-state index contributed by atoms with van der Waals surface area (Å²) in [7, 11) is 0. The molecule has 0 atom stereocenters. The van der Waals surface area contributed by atoms with Gasteiger partial charge in [0.15, 0.2) is 0 Å². The van der Waals surface area contributed by atoms with Gasteiger partial charge in [0.2, 0.25) is 0 Å². The molecule has 0 N–H and O–H groups in total. The highest BCUT2D eigenvalue weighted by Gasteiger charge is 2.17. The molecule has 0 aliphatic heterocycles. The number of hydrogen-bond donors (Lipinski definition) is 0. The first-order valence-electron chi connectivity index (χ1n) is 9.80. The van der Waals surface area contributed by atoms with Crippen molar-refractivity contribution in [1.82, 2.24) is 0 Å². The first kappa shape index (κ1) is 14.4. The Morgan fingerprint density at radius 3 is 1.18 bits per heavy atom.